The average Bonchev–Trinajstić information content (AvgIpc) is 2.70. The van der Waals surface area contributed by atoms with E-state index in [4.69, 9.17) is 0 Å². The maximum absolute atomic E-state index is 3.14. The molecule has 0 aliphatic rings. The van der Waals surface area contributed by atoms with Crippen LogP contribution in [0.3, 0.4) is 0 Å². The molecule has 0 unspecified atom stereocenters. The molecule has 77 valence electrons. The van der Waals surface area contributed by atoms with Crippen molar-refractivity contribution in [2.75, 3.05) is 14.1 Å². The maximum Gasteiger partial charge on any atom is 0.0449 e. The van der Waals surface area contributed by atoms with Crippen molar-refractivity contribution in [3.63, 3.8) is 0 Å². The van der Waals surface area contributed by atoms with E-state index in [0.717, 1.165) is 6.54 Å². The summed E-state index contributed by atoms with van der Waals surface area (Å²) in [5.74, 6) is 0. The van der Waals surface area contributed by atoms with Crippen molar-refractivity contribution >= 4 is 11.3 Å². The van der Waals surface area contributed by atoms with Gasteiger partial charge in [0.25, 0.3) is 0 Å². The van der Waals surface area contributed by atoms with Crippen molar-refractivity contribution in [2.24, 2.45) is 0 Å². The summed E-state index contributed by atoms with van der Waals surface area (Å²) < 4.78 is 0. The first-order valence-corrected chi connectivity index (χ1v) is 5.78. The largest absolute Gasteiger partial charge is 0.305 e. The van der Waals surface area contributed by atoms with E-state index < -0.39 is 0 Å². The monoisotopic (exact) mass is 216 g/mol. The van der Waals surface area contributed by atoms with Crippen molar-refractivity contribution < 1.29 is 0 Å². The third-order valence-electron chi connectivity index (χ3n) is 2.24. The number of hydrogen-bond donors (Lipinski definition) is 0. The van der Waals surface area contributed by atoms with Crippen LogP contribution in [-0.4, -0.2) is 19.0 Å². The summed E-state index contributed by atoms with van der Waals surface area (Å²) in [5, 5.41) is 3.14. The van der Waals surface area contributed by atoms with E-state index in [9.17, 15) is 0 Å². The minimum atomic E-state index is 0.980. The highest BCUT2D eigenvalue weighted by atomic mass is 32.1. The van der Waals surface area contributed by atoms with Crippen LogP contribution in [0.25, 0.3) is 10.4 Å². The molecule has 0 N–H and O–H groups in total. The van der Waals surface area contributed by atoms with E-state index in [0.29, 0.717) is 0 Å². The van der Waals surface area contributed by atoms with E-state index in [1.807, 2.05) is 6.07 Å². The van der Waals surface area contributed by atoms with Gasteiger partial charge in [-0.2, -0.15) is 0 Å². The quantitative estimate of drug-likeness (QED) is 0.761. The molecule has 0 saturated heterocycles. The van der Waals surface area contributed by atoms with Crippen molar-refractivity contribution in [3.05, 3.63) is 47.3 Å². The fourth-order valence-corrected chi connectivity index (χ4v) is 2.33. The predicted octanol–water partition coefficient (Wildman–Crippen LogP) is 3.28. The summed E-state index contributed by atoms with van der Waals surface area (Å²) in [6.45, 7) is 0.980. The molecule has 1 aromatic heterocycles. The Morgan fingerprint density at radius 2 is 2.00 bits per heavy atom. The maximum atomic E-state index is 3.14. The van der Waals surface area contributed by atoms with E-state index in [1.54, 1.807) is 11.3 Å². The molecule has 1 heterocycles. The van der Waals surface area contributed by atoms with Gasteiger partial charge in [-0.05, 0) is 37.4 Å². The van der Waals surface area contributed by atoms with Crippen molar-refractivity contribution in [3.8, 4) is 10.4 Å². The van der Waals surface area contributed by atoms with Crippen LogP contribution in [0.5, 0.6) is 0 Å². The van der Waals surface area contributed by atoms with Crippen LogP contribution in [0.2, 0.25) is 0 Å². The first-order valence-electron chi connectivity index (χ1n) is 4.96. The van der Waals surface area contributed by atoms with Crippen LogP contribution >= 0.6 is 11.3 Å². The molecule has 0 bridgehead atoms. The van der Waals surface area contributed by atoms with E-state index in [2.05, 4.69) is 54.7 Å². The number of rotatable bonds is 3. The minimum Gasteiger partial charge on any atom is -0.305 e. The third kappa shape index (κ3) is 2.46. The second kappa shape index (κ2) is 4.60. The third-order valence-corrected chi connectivity index (χ3v) is 3.07. The van der Waals surface area contributed by atoms with Gasteiger partial charge in [0, 0.05) is 16.8 Å². The zero-order valence-corrected chi connectivity index (χ0v) is 9.84. The van der Waals surface area contributed by atoms with Crippen LogP contribution in [0.4, 0.5) is 0 Å². The molecule has 0 aliphatic heterocycles. The fourth-order valence-electron chi connectivity index (χ4n) is 1.63. The van der Waals surface area contributed by atoms with Crippen LogP contribution in [-0.2, 0) is 6.54 Å². The number of thiophene rings is 1. The van der Waals surface area contributed by atoms with Crippen LogP contribution in [0.1, 0.15) is 5.56 Å². The summed E-state index contributed by atoms with van der Waals surface area (Å²) >= 11 is 1.67. The number of nitrogens with zero attached hydrogens (tertiary/aromatic N) is 1. The molecule has 2 aromatic rings. The molecule has 2 heteroatoms. The smallest absolute Gasteiger partial charge is 0.0449 e. The van der Waals surface area contributed by atoms with Gasteiger partial charge in [0.1, 0.15) is 0 Å². The summed E-state index contributed by atoms with van der Waals surface area (Å²) in [4.78, 5) is 3.49. The van der Waals surface area contributed by atoms with Crippen molar-refractivity contribution in [1.82, 2.24) is 4.90 Å². The Morgan fingerprint density at radius 1 is 1.20 bits per heavy atom. The second-order valence-electron chi connectivity index (χ2n) is 3.81. The molecular formula is C13H14NS. The molecule has 1 radical (unpaired) electrons. The predicted molar refractivity (Wildman–Crippen MR) is 66.0 cm³/mol. The molecule has 0 fully saturated rings. The van der Waals surface area contributed by atoms with Crippen LogP contribution in [0.15, 0.2) is 36.4 Å². The van der Waals surface area contributed by atoms with Crippen molar-refractivity contribution in [2.45, 2.75) is 6.54 Å². The summed E-state index contributed by atoms with van der Waals surface area (Å²) in [6.07, 6.45) is 0. The topological polar surface area (TPSA) is 3.24 Å². The van der Waals surface area contributed by atoms with Crippen LogP contribution < -0.4 is 0 Å². The van der Waals surface area contributed by atoms with Crippen molar-refractivity contribution in [1.29, 1.82) is 0 Å². The molecular weight excluding hydrogens is 202 g/mol. The molecule has 1 nitrogen and oxygen atoms in total. The van der Waals surface area contributed by atoms with Gasteiger partial charge in [-0.25, -0.2) is 0 Å². The van der Waals surface area contributed by atoms with Gasteiger partial charge in [-0.15, -0.1) is 11.3 Å². The highest BCUT2D eigenvalue weighted by molar-refractivity contribution is 7.13. The highest BCUT2D eigenvalue weighted by Gasteiger charge is 2.05. The van der Waals surface area contributed by atoms with E-state index >= 15 is 0 Å². The molecule has 0 amide bonds. The van der Waals surface area contributed by atoms with E-state index in [-0.39, 0.29) is 0 Å². The normalized spacial score (nSPS) is 10.9. The number of hydrogen-bond acceptors (Lipinski definition) is 2. The standard InChI is InChI=1S/C13H14NS/c1-14(2)10-11-6-3-4-7-12(11)13-8-5-9-15-13/h3-8H,10H2,1-2H3. The van der Waals surface area contributed by atoms with Crippen LogP contribution in [0, 0.1) is 5.38 Å². The average molecular weight is 216 g/mol. The van der Waals surface area contributed by atoms with Gasteiger partial charge in [0.05, 0.1) is 0 Å². The summed E-state index contributed by atoms with van der Waals surface area (Å²) in [7, 11) is 4.19. The highest BCUT2D eigenvalue weighted by Crippen LogP contribution is 2.27. The zero-order chi connectivity index (χ0) is 10.7. The minimum absolute atomic E-state index is 0.980. The summed E-state index contributed by atoms with van der Waals surface area (Å²) in [6, 6.07) is 12.7. The Balaban J connectivity index is 2.38. The lowest BCUT2D eigenvalue weighted by molar-refractivity contribution is 0.403. The van der Waals surface area contributed by atoms with Gasteiger partial charge in [0.15, 0.2) is 0 Å². The Bertz CT molecular complexity index is 418. The Kier molecular flexibility index (Phi) is 3.19. The first kappa shape index (κ1) is 10.4. The molecule has 1 aromatic carbocycles. The molecule has 15 heavy (non-hydrogen) atoms. The Morgan fingerprint density at radius 3 is 2.67 bits per heavy atom. The van der Waals surface area contributed by atoms with Gasteiger partial charge >= 0.3 is 0 Å². The van der Waals surface area contributed by atoms with E-state index in [1.165, 1.54) is 16.0 Å². The molecule has 0 aliphatic carbocycles. The SMILES string of the molecule is CN(C)Cc1ccccc1-c1cc[c]s1. The lowest BCUT2D eigenvalue weighted by atomic mass is 10.1. The van der Waals surface area contributed by atoms with Gasteiger partial charge in [0.2, 0.25) is 0 Å². The Hall–Kier alpha value is -1.12. The molecule has 0 saturated carbocycles. The van der Waals surface area contributed by atoms with Gasteiger partial charge < -0.3 is 4.90 Å². The molecule has 0 atom stereocenters. The second-order valence-corrected chi connectivity index (χ2v) is 4.69. The molecule has 0 spiro atoms. The Labute approximate surface area is 95.0 Å². The zero-order valence-electron chi connectivity index (χ0n) is 9.03. The molecule has 2 rings (SSSR count). The van der Waals surface area contributed by atoms with Gasteiger partial charge in [-0.1, -0.05) is 24.3 Å². The summed E-state index contributed by atoms with van der Waals surface area (Å²) in [5.41, 5.74) is 2.70. The van der Waals surface area contributed by atoms with Gasteiger partial charge in [-0.3, -0.25) is 0 Å². The lowest BCUT2D eigenvalue weighted by Crippen LogP contribution is -2.11. The first-order chi connectivity index (χ1) is 7.27. The lowest BCUT2D eigenvalue weighted by Gasteiger charge is -2.13. The fraction of sp³-hybridized carbons (Fsp3) is 0.231. The number of benzene rings is 1.